The smallest absolute Gasteiger partial charge is 0.345 e. The number of nitrogens with zero attached hydrogens (tertiary/aromatic N) is 1. The summed E-state index contributed by atoms with van der Waals surface area (Å²) in [7, 11) is 0. The second-order valence-electron chi connectivity index (χ2n) is 4.38. The van der Waals surface area contributed by atoms with Crippen molar-refractivity contribution in [1.29, 1.82) is 0 Å². The molecule has 3 rings (SSSR count). The van der Waals surface area contributed by atoms with Crippen LogP contribution in [0.2, 0.25) is 0 Å². The second-order valence-corrected chi connectivity index (χ2v) is 4.38. The lowest BCUT2D eigenvalue weighted by Crippen LogP contribution is -2.19. The fourth-order valence-electron chi connectivity index (χ4n) is 2.16. The number of H-pyrrole nitrogens is 1. The number of rotatable bonds is 3. The maximum absolute atomic E-state index is 12.2. The molecule has 0 aliphatic carbocycles. The van der Waals surface area contributed by atoms with E-state index in [0.29, 0.717) is 5.39 Å². The lowest BCUT2D eigenvalue weighted by Gasteiger charge is -2.09. The van der Waals surface area contributed by atoms with E-state index in [1.54, 1.807) is 18.2 Å². The van der Waals surface area contributed by atoms with Crippen LogP contribution in [-0.2, 0) is 0 Å². The van der Waals surface area contributed by atoms with Crippen LogP contribution < -0.4 is 10.5 Å². The molecule has 0 unspecified atom stereocenters. The zero-order chi connectivity index (χ0) is 14.8. The Morgan fingerprint density at radius 3 is 2.62 bits per heavy atom. The summed E-state index contributed by atoms with van der Waals surface area (Å²) in [5.41, 5.74) is 5.69. The molecule has 0 radical (unpaired) electrons. The van der Waals surface area contributed by atoms with Gasteiger partial charge in [-0.2, -0.15) is 0 Å². The molecule has 0 aliphatic rings. The topological polar surface area (TPSA) is 98.1 Å². The minimum atomic E-state index is -0.680. The highest BCUT2D eigenvalue weighted by Crippen LogP contribution is 2.23. The Bertz CT molecular complexity index is 825. The Morgan fingerprint density at radius 1 is 1.10 bits per heavy atom. The van der Waals surface area contributed by atoms with Crippen LogP contribution in [0.1, 0.15) is 20.7 Å². The molecule has 0 aliphatic heterocycles. The Hall–Kier alpha value is -3.15. The van der Waals surface area contributed by atoms with E-state index in [-0.39, 0.29) is 17.0 Å². The number of benzene rings is 2. The lowest BCUT2D eigenvalue weighted by atomic mass is 9.98. The molecule has 0 saturated heterocycles. The quantitative estimate of drug-likeness (QED) is 0.716. The highest BCUT2D eigenvalue weighted by molar-refractivity contribution is 6.14. The van der Waals surface area contributed by atoms with E-state index < -0.39 is 11.9 Å². The van der Waals surface area contributed by atoms with Gasteiger partial charge in [0.1, 0.15) is 0 Å². The average Bonchev–Trinajstić information content (AvgIpc) is 2.98. The molecule has 1 aromatic heterocycles. The van der Waals surface area contributed by atoms with Crippen molar-refractivity contribution in [2.24, 2.45) is 5.73 Å². The van der Waals surface area contributed by atoms with Crippen molar-refractivity contribution >= 4 is 22.6 Å². The van der Waals surface area contributed by atoms with Gasteiger partial charge in [-0.05, 0) is 16.8 Å². The Morgan fingerprint density at radius 2 is 1.90 bits per heavy atom. The summed E-state index contributed by atoms with van der Waals surface area (Å²) in [6.45, 7) is 0. The van der Waals surface area contributed by atoms with E-state index in [4.69, 9.17) is 10.5 Å². The van der Waals surface area contributed by atoms with E-state index >= 15 is 0 Å². The van der Waals surface area contributed by atoms with Crippen LogP contribution in [-0.4, -0.2) is 22.1 Å². The van der Waals surface area contributed by atoms with Gasteiger partial charge in [-0.15, -0.1) is 5.10 Å². The zero-order valence-corrected chi connectivity index (χ0v) is 10.9. The molecule has 0 bridgehead atoms. The second kappa shape index (κ2) is 5.09. The summed E-state index contributed by atoms with van der Waals surface area (Å²) < 4.78 is 5.09. The molecule has 0 spiro atoms. The summed E-state index contributed by atoms with van der Waals surface area (Å²) >= 11 is 0. The van der Waals surface area contributed by atoms with Gasteiger partial charge in [0, 0.05) is 12.3 Å². The number of amides is 1. The summed E-state index contributed by atoms with van der Waals surface area (Å²) in [6, 6.07) is 12.0. The number of primary amides is 1. The number of nitrogens with one attached hydrogen (secondary N) is 1. The number of aromatic amines is 1. The van der Waals surface area contributed by atoms with Gasteiger partial charge in [0.2, 0.25) is 11.8 Å². The average molecular weight is 281 g/mol. The first-order valence-electron chi connectivity index (χ1n) is 6.20. The largest absolute Gasteiger partial charge is 0.402 e. The van der Waals surface area contributed by atoms with Gasteiger partial charge < -0.3 is 10.5 Å². The fourth-order valence-corrected chi connectivity index (χ4v) is 2.16. The lowest BCUT2D eigenvalue weighted by molar-refractivity contribution is 0.0722. The number of hydrogen-bond donors (Lipinski definition) is 2. The zero-order valence-electron chi connectivity index (χ0n) is 10.9. The third-order valence-electron chi connectivity index (χ3n) is 3.07. The van der Waals surface area contributed by atoms with Crippen molar-refractivity contribution in [3.63, 3.8) is 0 Å². The van der Waals surface area contributed by atoms with Crippen molar-refractivity contribution in [2.75, 3.05) is 0 Å². The van der Waals surface area contributed by atoms with E-state index in [9.17, 15) is 9.59 Å². The van der Waals surface area contributed by atoms with Gasteiger partial charge in [-0.25, -0.2) is 4.79 Å². The van der Waals surface area contributed by atoms with E-state index in [1.807, 2.05) is 12.1 Å². The number of aromatic nitrogens is 2. The van der Waals surface area contributed by atoms with Crippen LogP contribution in [0.4, 0.5) is 0 Å². The van der Waals surface area contributed by atoms with Crippen molar-refractivity contribution in [2.45, 2.75) is 0 Å². The van der Waals surface area contributed by atoms with Gasteiger partial charge in [-0.1, -0.05) is 30.3 Å². The molecule has 2 aromatic carbocycles. The van der Waals surface area contributed by atoms with Crippen molar-refractivity contribution in [3.05, 3.63) is 59.8 Å². The van der Waals surface area contributed by atoms with Crippen molar-refractivity contribution in [3.8, 4) is 5.88 Å². The summed E-state index contributed by atoms with van der Waals surface area (Å²) in [4.78, 5) is 23.9. The fraction of sp³-hybridized carbons (Fsp3) is 0. The van der Waals surface area contributed by atoms with E-state index in [1.165, 1.54) is 18.3 Å². The van der Waals surface area contributed by atoms with Gasteiger partial charge >= 0.3 is 5.97 Å². The number of fused-ring (bicyclic) bond motifs is 1. The standard InChI is InChI=1S/C15H11N3O3/c16-14(19)13-10-4-2-1-3-9(10)5-6-11(13)15(20)21-12-7-8-17-18-12/h1-8H,(H2,16,19)(H,17,18). The highest BCUT2D eigenvalue weighted by atomic mass is 16.5. The monoisotopic (exact) mass is 281 g/mol. The first-order chi connectivity index (χ1) is 10.2. The molecule has 6 heteroatoms. The minimum Gasteiger partial charge on any atom is -0.402 e. The molecule has 3 N–H and O–H groups in total. The Kier molecular flexibility index (Phi) is 3.12. The Labute approximate surface area is 119 Å². The molecule has 0 saturated carbocycles. The highest BCUT2D eigenvalue weighted by Gasteiger charge is 2.20. The predicted molar refractivity (Wildman–Crippen MR) is 76.0 cm³/mol. The van der Waals surface area contributed by atoms with E-state index in [0.717, 1.165) is 5.39 Å². The third kappa shape index (κ3) is 2.34. The Balaban J connectivity index is 2.11. The number of ether oxygens (including phenoxy) is 1. The minimum absolute atomic E-state index is 0.115. The van der Waals surface area contributed by atoms with Gasteiger partial charge in [0.05, 0.1) is 11.1 Å². The molecule has 104 valence electrons. The third-order valence-corrected chi connectivity index (χ3v) is 3.07. The molecule has 0 fully saturated rings. The van der Waals surface area contributed by atoms with Crippen molar-refractivity contribution in [1.82, 2.24) is 10.2 Å². The number of carbonyl (C=O) groups is 2. The molecule has 3 aromatic rings. The maximum Gasteiger partial charge on any atom is 0.345 e. The number of hydrogen-bond acceptors (Lipinski definition) is 4. The normalized spacial score (nSPS) is 10.5. The summed E-state index contributed by atoms with van der Waals surface area (Å²) in [5, 5.41) is 7.70. The number of nitrogens with two attached hydrogens (primary N) is 1. The van der Waals surface area contributed by atoms with Crippen LogP contribution in [0.25, 0.3) is 10.8 Å². The van der Waals surface area contributed by atoms with Crippen LogP contribution in [0.3, 0.4) is 0 Å². The summed E-state index contributed by atoms with van der Waals surface area (Å²) in [6.07, 6.45) is 1.53. The molecule has 1 amide bonds. The maximum atomic E-state index is 12.2. The first-order valence-corrected chi connectivity index (χ1v) is 6.20. The van der Waals surface area contributed by atoms with Gasteiger partial charge in [-0.3, -0.25) is 9.89 Å². The number of esters is 1. The van der Waals surface area contributed by atoms with Gasteiger partial charge in [0.15, 0.2) is 0 Å². The number of carbonyl (C=O) groups excluding carboxylic acids is 2. The molecular weight excluding hydrogens is 270 g/mol. The molecule has 21 heavy (non-hydrogen) atoms. The van der Waals surface area contributed by atoms with Crippen LogP contribution >= 0.6 is 0 Å². The molecular formula is C15H11N3O3. The first kappa shape index (κ1) is 12.9. The van der Waals surface area contributed by atoms with Crippen molar-refractivity contribution < 1.29 is 14.3 Å². The molecule has 1 heterocycles. The molecule has 0 atom stereocenters. The molecule has 6 nitrogen and oxygen atoms in total. The van der Waals surface area contributed by atoms with Crippen LogP contribution in [0, 0.1) is 0 Å². The van der Waals surface area contributed by atoms with Crippen LogP contribution in [0.5, 0.6) is 5.88 Å². The van der Waals surface area contributed by atoms with Crippen LogP contribution in [0.15, 0.2) is 48.7 Å². The van der Waals surface area contributed by atoms with Gasteiger partial charge in [0.25, 0.3) is 0 Å². The van der Waals surface area contributed by atoms with E-state index in [2.05, 4.69) is 10.2 Å². The predicted octanol–water partition coefficient (Wildman–Crippen LogP) is 1.88. The summed E-state index contributed by atoms with van der Waals surface area (Å²) in [5.74, 6) is -1.23. The SMILES string of the molecule is NC(=O)c1c(C(=O)Oc2cc[nH]n2)ccc2ccccc12.